The molecule has 0 aliphatic heterocycles. The van der Waals surface area contributed by atoms with Crippen LogP contribution in [0, 0.1) is 20.8 Å². The fourth-order valence-corrected chi connectivity index (χ4v) is 2.89. The van der Waals surface area contributed by atoms with Crippen molar-refractivity contribution in [3.63, 3.8) is 0 Å². The highest BCUT2D eigenvalue weighted by Gasteiger charge is 2.12. The van der Waals surface area contributed by atoms with Crippen LogP contribution in [-0.4, -0.2) is 43.4 Å². The van der Waals surface area contributed by atoms with Gasteiger partial charge in [-0.1, -0.05) is 24.3 Å². The molecule has 2 aromatic rings. The highest BCUT2D eigenvalue weighted by molar-refractivity contribution is 5.44. The lowest BCUT2D eigenvalue weighted by Crippen LogP contribution is -2.33. The predicted octanol–water partition coefficient (Wildman–Crippen LogP) is 3.49. The Morgan fingerprint density at radius 1 is 1.08 bits per heavy atom. The van der Waals surface area contributed by atoms with Gasteiger partial charge in [-0.2, -0.15) is 0 Å². The van der Waals surface area contributed by atoms with Gasteiger partial charge in [0.1, 0.15) is 24.2 Å². The van der Waals surface area contributed by atoms with E-state index in [0.717, 1.165) is 34.7 Å². The SMILES string of the molecule is COc1cccc(CN(C)CC(O)COc2c(C)ccc(C)c2C)c1. The number of hydrogen-bond donors (Lipinski definition) is 1. The molecule has 2 rings (SSSR count). The fraction of sp³-hybridized carbons (Fsp3) is 0.429. The molecule has 0 spiro atoms. The van der Waals surface area contributed by atoms with Crippen molar-refractivity contribution in [3.8, 4) is 11.5 Å². The molecule has 0 saturated heterocycles. The van der Waals surface area contributed by atoms with Crippen LogP contribution in [-0.2, 0) is 6.54 Å². The first-order valence-electron chi connectivity index (χ1n) is 8.60. The number of rotatable bonds is 8. The number of benzene rings is 2. The van der Waals surface area contributed by atoms with E-state index in [1.165, 1.54) is 5.56 Å². The van der Waals surface area contributed by atoms with Crippen LogP contribution in [0.1, 0.15) is 22.3 Å². The number of nitrogens with zero attached hydrogens (tertiary/aromatic N) is 1. The molecule has 0 aromatic heterocycles. The van der Waals surface area contributed by atoms with Crippen molar-refractivity contribution in [1.82, 2.24) is 4.90 Å². The van der Waals surface area contributed by atoms with E-state index in [-0.39, 0.29) is 6.61 Å². The Balaban J connectivity index is 1.87. The van der Waals surface area contributed by atoms with Gasteiger partial charge in [0.25, 0.3) is 0 Å². The normalized spacial score (nSPS) is 12.3. The van der Waals surface area contributed by atoms with Crippen LogP contribution in [0.4, 0.5) is 0 Å². The third-order valence-corrected chi connectivity index (χ3v) is 4.40. The summed E-state index contributed by atoms with van der Waals surface area (Å²) in [5.74, 6) is 1.73. The van der Waals surface area contributed by atoms with Gasteiger partial charge < -0.3 is 14.6 Å². The van der Waals surface area contributed by atoms with Crippen molar-refractivity contribution in [3.05, 3.63) is 58.7 Å². The summed E-state index contributed by atoms with van der Waals surface area (Å²) in [6.45, 7) is 7.73. The predicted molar refractivity (Wildman–Crippen MR) is 101 cm³/mol. The van der Waals surface area contributed by atoms with E-state index in [1.54, 1.807) is 7.11 Å². The van der Waals surface area contributed by atoms with E-state index >= 15 is 0 Å². The van der Waals surface area contributed by atoms with Crippen LogP contribution in [0.2, 0.25) is 0 Å². The van der Waals surface area contributed by atoms with E-state index in [1.807, 2.05) is 32.2 Å². The molecule has 1 unspecified atom stereocenters. The largest absolute Gasteiger partial charge is 0.497 e. The van der Waals surface area contributed by atoms with Crippen LogP contribution in [0.15, 0.2) is 36.4 Å². The quantitative estimate of drug-likeness (QED) is 0.797. The third-order valence-electron chi connectivity index (χ3n) is 4.40. The Labute approximate surface area is 151 Å². The second-order valence-corrected chi connectivity index (χ2v) is 6.67. The molecule has 0 saturated carbocycles. The van der Waals surface area contributed by atoms with Crippen molar-refractivity contribution in [2.24, 2.45) is 0 Å². The third kappa shape index (κ3) is 5.48. The van der Waals surface area contributed by atoms with Gasteiger partial charge in [-0.25, -0.2) is 0 Å². The number of hydrogen-bond acceptors (Lipinski definition) is 4. The van der Waals surface area contributed by atoms with Gasteiger partial charge in [0.2, 0.25) is 0 Å². The summed E-state index contributed by atoms with van der Waals surface area (Å²) < 4.78 is 11.2. The Morgan fingerprint density at radius 3 is 2.52 bits per heavy atom. The monoisotopic (exact) mass is 343 g/mol. The minimum Gasteiger partial charge on any atom is -0.497 e. The van der Waals surface area contributed by atoms with Gasteiger partial charge in [0, 0.05) is 13.1 Å². The van der Waals surface area contributed by atoms with Crippen molar-refractivity contribution < 1.29 is 14.6 Å². The van der Waals surface area contributed by atoms with E-state index in [2.05, 4.69) is 36.9 Å². The summed E-state index contributed by atoms with van der Waals surface area (Å²) in [5, 5.41) is 10.3. The molecule has 0 radical (unpaired) electrons. The van der Waals surface area contributed by atoms with Crippen LogP contribution >= 0.6 is 0 Å². The van der Waals surface area contributed by atoms with Gasteiger partial charge in [-0.05, 0) is 62.2 Å². The first-order valence-corrected chi connectivity index (χ1v) is 8.60. The maximum Gasteiger partial charge on any atom is 0.125 e. The number of aliphatic hydroxyl groups is 1. The summed E-state index contributed by atoms with van der Waals surface area (Å²) in [6.07, 6.45) is -0.546. The number of likely N-dealkylation sites (N-methyl/N-ethyl adjacent to an activating group) is 1. The number of aliphatic hydroxyl groups excluding tert-OH is 1. The molecule has 0 amide bonds. The standard InChI is InChI=1S/C21H29NO3/c1-15-9-10-16(2)21(17(15)3)25-14-19(23)13-22(4)12-18-7-6-8-20(11-18)24-5/h6-11,19,23H,12-14H2,1-5H3. The van der Waals surface area contributed by atoms with Crippen LogP contribution in [0.25, 0.3) is 0 Å². The molecule has 0 heterocycles. The van der Waals surface area contributed by atoms with Crippen LogP contribution in [0.5, 0.6) is 11.5 Å². The fourth-order valence-electron chi connectivity index (χ4n) is 2.89. The summed E-state index contributed by atoms with van der Waals surface area (Å²) in [5.41, 5.74) is 4.59. The number of methoxy groups -OCH3 is 1. The van der Waals surface area contributed by atoms with E-state index in [0.29, 0.717) is 6.54 Å². The molecule has 4 heteroatoms. The van der Waals surface area contributed by atoms with E-state index < -0.39 is 6.10 Å². The molecular weight excluding hydrogens is 314 g/mol. The average molecular weight is 343 g/mol. The number of aryl methyl sites for hydroxylation is 2. The minimum atomic E-state index is -0.546. The van der Waals surface area contributed by atoms with Gasteiger partial charge in [-0.3, -0.25) is 4.90 Å². The van der Waals surface area contributed by atoms with Gasteiger partial charge >= 0.3 is 0 Å². The summed E-state index contributed by atoms with van der Waals surface area (Å²) in [7, 11) is 3.66. The van der Waals surface area contributed by atoms with Crippen molar-refractivity contribution in [2.75, 3.05) is 27.3 Å². The molecule has 0 aliphatic carbocycles. The average Bonchev–Trinajstić information content (AvgIpc) is 2.58. The molecule has 4 nitrogen and oxygen atoms in total. The van der Waals surface area contributed by atoms with Gasteiger partial charge in [-0.15, -0.1) is 0 Å². The highest BCUT2D eigenvalue weighted by atomic mass is 16.5. The van der Waals surface area contributed by atoms with Gasteiger partial charge in [0.05, 0.1) is 7.11 Å². The summed E-state index contributed by atoms with van der Waals surface area (Å²) in [6, 6.07) is 12.1. The smallest absolute Gasteiger partial charge is 0.125 e. The summed E-state index contributed by atoms with van der Waals surface area (Å²) >= 11 is 0. The van der Waals surface area contributed by atoms with Crippen molar-refractivity contribution in [1.29, 1.82) is 0 Å². The van der Waals surface area contributed by atoms with E-state index in [9.17, 15) is 5.11 Å². The highest BCUT2D eigenvalue weighted by Crippen LogP contribution is 2.25. The Morgan fingerprint density at radius 2 is 1.80 bits per heavy atom. The molecule has 0 aliphatic rings. The Hall–Kier alpha value is -2.04. The second kappa shape index (κ2) is 8.88. The molecule has 2 aromatic carbocycles. The Bertz CT molecular complexity index is 700. The molecular formula is C21H29NO3. The molecule has 1 atom stereocenters. The van der Waals surface area contributed by atoms with E-state index in [4.69, 9.17) is 9.47 Å². The van der Waals surface area contributed by atoms with Gasteiger partial charge in [0.15, 0.2) is 0 Å². The Kier molecular flexibility index (Phi) is 6.85. The zero-order valence-electron chi connectivity index (χ0n) is 15.9. The molecule has 1 N–H and O–H groups in total. The van der Waals surface area contributed by atoms with Crippen LogP contribution < -0.4 is 9.47 Å². The second-order valence-electron chi connectivity index (χ2n) is 6.67. The molecule has 0 fully saturated rings. The topological polar surface area (TPSA) is 41.9 Å². The summed E-state index contributed by atoms with van der Waals surface area (Å²) in [4.78, 5) is 2.08. The lowest BCUT2D eigenvalue weighted by Gasteiger charge is -2.22. The first-order chi connectivity index (χ1) is 11.9. The number of ether oxygens (including phenoxy) is 2. The molecule has 136 valence electrons. The zero-order valence-corrected chi connectivity index (χ0v) is 15.9. The van der Waals surface area contributed by atoms with Crippen LogP contribution in [0.3, 0.4) is 0 Å². The molecule has 25 heavy (non-hydrogen) atoms. The zero-order chi connectivity index (χ0) is 18.4. The first kappa shape index (κ1) is 19.3. The lowest BCUT2D eigenvalue weighted by molar-refractivity contribution is 0.0738. The van der Waals surface area contributed by atoms with Crippen molar-refractivity contribution >= 4 is 0 Å². The van der Waals surface area contributed by atoms with Crippen molar-refractivity contribution in [2.45, 2.75) is 33.4 Å². The maximum atomic E-state index is 10.3. The maximum absolute atomic E-state index is 10.3. The molecule has 0 bridgehead atoms. The lowest BCUT2D eigenvalue weighted by atomic mass is 10.1. The minimum absolute atomic E-state index is 0.285.